The average molecular weight is 403 g/mol. The van der Waals surface area contributed by atoms with Gasteiger partial charge in [0.05, 0.1) is 6.54 Å². The predicted molar refractivity (Wildman–Crippen MR) is 101 cm³/mol. The van der Waals surface area contributed by atoms with Crippen LogP contribution in [0.15, 0.2) is 39.0 Å². The molecule has 0 aliphatic heterocycles. The number of nitrogens with zero attached hydrogens (tertiary/aromatic N) is 4. The van der Waals surface area contributed by atoms with Crippen LogP contribution in [0.25, 0.3) is 11.2 Å². The van der Waals surface area contributed by atoms with E-state index in [0.717, 1.165) is 13.7 Å². The van der Waals surface area contributed by atoms with Crippen LogP contribution in [-0.2, 0) is 30.7 Å². The Hall–Kier alpha value is -3.36. The van der Waals surface area contributed by atoms with Crippen LogP contribution in [0.3, 0.4) is 0 Å². The maximum atomic E-state index is 12.5. The van der Waals surface area contributed by atoms with Gasteiger partial charge in [0.1, 0.15) is 5.75 Å². The van der Waals surface area contributed by atoms with Gasteiger partial charge < -0.3 is 9.67 Å². The highest BCUT2D eigenvalue weighted by Gasteiger charge is 2.25. The minimum Gasteiger partial charge on any atom is -0.508 e. The first-order chi connectivity index (χ1) is 13.2. The van der Waals surface area contributed by atoms with E-state index in [4.69, 9.17) is 0 Å². The van der Waals surface area contributed by atoms with Crippen molar-refractivity contribution < 1.29 is 13.5 Å². The molecule has 146 valence electrons. The van der Waals surface area contributed by atoms with Crippen LogP contribution in [0, 0.1) is 11.8 Å². The predicted octanol–water partition coefficient (Wildman–Crippen LogP) is -0.901. The molecule has 0 bridgehead atoms. The van der Waals surface area contributed by atoms with Gasteiger partial charge in [-0.25, -0.2) is 17.9 Å². The number of hydrogen-bond donors (Lipinski definition) is 2. The van der Waals surface area contributed by atoms with Gasteiger partial charge in [-0.2, -0.15) is 4.98 Å². The Kier molecular flexibility index (Phi) is 4.84. The topological polar surface area (TPSA) is 128 Å². The first-order valence-corrected chi connectivity index (χ1v) is 9.53. The van der Waals surface area contributed by atoms with Crippen LogP contribution in [0.1, 0.15) is 5.56 Å². The Balaban J connectivity index is 2.22. The number of phenolic OH excluding ortho intramolecular Hbond substituents is 1. The summed E-state index contributed by atoms with van der Waals surface area (Å²) in [7, 11) is -0.0435. The van der Waals surface area contributed by atoms with E-state index in [1.807, 2.05) is 0 Å². The summed E-state index contributed by atoms with van der Waals surface area (Å²) in [6.07, 6.45) is 0. The molecule has 11 heteroatoms. The van der Waals surface area contributed by atoms with E-state index in [1.54, 1.807) is 12.1 Å². The summed E-state index contributed by atoms with van der Waals surface area (Å²) < 4.78 is 29.6. The van der Waals surface area contributed by atoms with E-state index in [9.17, 15) is 23.1 Å². The number of nitrogens with one attached hydrogen (secondary N) is 1. The van der Waals surface area contributed by atoms with Crippen LogP contribution in [-0.4, -0.2) is 39.3 Å². The van der Waals surface area contributed by atoms with E-state index in [1.165, 1.54) is 33.3 Å². The van der Waals surface area contributed by atoms with Crippen molar-refractivity contribution in [2.75, 3.05) is 7.05 Å². The standard InChI is InChI=1S/C17H17N5O5S/c1-18-28(26,27)16-19-14-13(20(16)2)15(24)21(3)17(25)22(14)9-5-7-11-6-4-8-12(23)10-11/h4,6,8,10,18,23H,9H2,1-3H3. The highest BCUT2D eigenvalue weighted by atomic mass is 32.2. The first kappa shape index (κ1) is 19.4. The summed E-state index contributed by atoms with van der Waals surface area (Å²) in [5.74, 6) is 5.63. The molecular weight excluding hydrogens is 386 g/mol. The molecule has 2 N–H and O–H groups in total. The van der Waals surface area contributed by atoms with E-state index in [0.29, 0.717) is 5.56 Å². The van der Waals surface area contributed by atoms with Crippen LogP contribution >= 0.6 is 0 Å². The lowest BCUT2D eigenvalue weighted by molar-refractivity contribution is 0.475. The Labute approximate surface area is 159 Å². The third-order valence-electron chi connectivity index (χ3n) is 4.14. The zero-order valence-electron chi connectivity index (χ0n) is 15.3. The van der Waals surface area contributed by atoms with Crippen molar-refractivity contribution in [2.24, 2.45) is 14.1 Å². The second-order valence-electron chi connectivity index (χ2n) is 5.92. The first-order valence-electron chi connectivity index (χ1n) is 8.05. The van der Waals surface area contributed by atoms with E-state index < -0.39 is 21.3 Å². The summed E-state index contributed by atoms with van der Waals surface area (Å²) in [6.45, 7) is -0.130. The zero-order valence-corrected chi connectivity index (χ0v) is 16.1. The Bertz CT molecular complexity index is 1370. The van der Waals surface area contributed by atoms with E-state index in [2.05, 4.69) is 21.5 Å². The molecule has 0 saturated heterocycles. The van der Waals surface area contributed by atoms with Crippen molar-refractivity contribution in [2.45, 2.75) is 11.7 Å². The van der Waals surface area contributed by atoms with Gasteiger partial charge in [0.15, 0.2) is 11.2 Å². The molecule has 28 heavy (non-hydrogen) atoms. The van der Waals surface area contributed by atoms with Crippen LogP contribution < -0.4 is 16.0 Å². The summed E-state index contributed by atoms with van der Waals surface area (Å²) >= 11 is 0. The number of aryl methyl sites for hydroxylation is 1. The number of phenols is 1. The second-order valence-corrected chi connectivity index (χ2v) is 7.70. The summed E-state index contributed by atoms with van der Waals surface area (Å²) in [5.41, 5.74) is -0.905. The number of aromatic nitrogens is 4. The third kappa shape index (κ3) is 3.19. The summed E-state index contributed by atoms with van der Waals surface area (Å²) in [4.78, 5) is 29.0. The highest BCUT2D eigenvalue weighted by molar-refractivity contribution is 7.89. The molecule has 0 fully saturated rings. The number of hydrogen-bond acceptors (Lipinski definition) is 6. The smallest absolute Gasteiger partial charge is 0.333 e. The van der Waals surface area contributed by atoms with Gasteiger partial charge in [-0.15, -0.1) is 0 Å². The molecule has 3 aromatic rings. The van der Waals surface area contributed by atoms with E-state index >= 15 is 0 Å². The van der Waals surface area contributed by atoms with Gasteiger partial charge in [-0.05, 0) is 25.2 Å². The average Bonchev–Trinajstić information content (AvgIpc) is 3.01. The minimum absolute atomic E-state index is 0.0323. The summed E-state index contributed by atoms with van der Waals surface area (Å²) in [5, 5.41) is 9.09. The maximum absolute atomic E-state index is 12.5. The van der Waals surface area contributed by atoms with Crippen LogP contribution in [0.4, 0.5) is 0 Å². The zero-order chi connectivity index (χ0) is 20.6. The number of aromatic hydroxyl groups is 1. The molecule has 0 radical (unpaired) electrons. The molecule has 0 atom stereocenters. The lowest BCUT2D eigenvalue weighted by Crippen LogP contribution is -2.38. The second kappa shape index (κ2) is 6.99. The molecular formula is C17H17N5O5S. The van der Waals surface area contributed by atoms with Crippen molar-refractivity contribution in [1.29, 1.82) is 0 Å². The minimum atomic E-state index is -3.94. The van der Waals surface area contributed by atoms with Gasteiger partial charge >= 0.3 is 5.69 Å². The molecule has 0 amide bonds. The van der Waals surface area contributed by atoms with Gasteiger partial charge in [-0.1, -0.05) is 17.9 Å². The van der Waals surface area contributed by atoms with Crippen LogP contribution in [0.2, 0.25) is 0 Å². The molecule has 0 spiro atoms. The number of fused-ring (bicyclic) bond motifs is 1. The highest BCUT2D eigenvalue weighted by Crippen LogP contribution is 2.14. The molecule has 1 aromatic carbocycles. The molecule has 0 aliphatic rings. The Morgan fingerprint density at radius 1 is 1.21 bits per heavy atom. The van der Waals surface area contributed by atoms with Crippen molar-refractivity contribution in [1.82, 2.24) is 23.4 Å². The van der Waals surface area contributed by atoms with Gasteiger partial charge in [0.2, 0.25) is 5.16 Å². The fraction of sp³-hybridized carbons (Fsp3) is 0.235. The third-order valence-corrected chi connectivity index (χ3v) is 5.52. The largest absolute Gasteiger partial charge is 0.508 e. The monoisotopic (exact) mass is 403 g/mol. The van der Waals surface area contributed by atoms with E-state index in [-0.39, 0.29) is 28.6 Å². The summed E-state index contributed by atoms with van der Waals surface area (Å²) in [6, 6.07) is 6.28. The molecule has 0 aliphatic carbocycles. The molecule has 0 unspecified atom stereocenters. The van der Waals surface area contributed by atoms with Crippen molar-refractivity contribution >= 4 is 21.2 Å². The van der Waals surface area contributed by atoms with Gasteiger partial charge in [0.25, 0.3) is 15.6 Å². The van der Waals surface area contributed by atoms with Gasteiger partial charge in [0, 0.05) is 19.7 Å². The molecule has 10 nitrogen and oxygen atoms in total. The fourth-order valence-electron chi connectivity index (χ4n) is 2.69. The Morgan fingerprint density at radius 3 is 2.57 bits per heavy atom. The molecule has 0 saturated carbocycles. The van der Waals surface area contributed by atoms with Crippen molar-refractivity contribution in [3.05, 3.63) is 50.7 Å². The number of imidazole rings is 1. The van der Waals surface area contributed by atoms with Crippen molar-refractivity contribution in [3.8, 4) is 17.6 Å². The fourth-order valence-corrected chi connectivity index (χ4v) is 3.53. The lowest BCUT2D eigenvalue weighted by Gasteiger charge is -2.05. The van der Waals surface area contributed by atoms with Gasteiger partial charge in [-0.3, -0.25) is 13.9 Å². The lowest BCUT2D eigenvalue weighted by atomic mass is 10.2. The van der Waals surface area contributed by atoms with Crippen molar-refractivity contribution in [3.63, 3.8) is 0 Å². The SMILES string of the molecule is CNS(=O)(=O)c1nc2c(c(=O)n(C)c(=O)n2CC#Cc2cccc(O)c2)n1C. The molecule has 3 rings (SSSR count). The molecule has 2 aromatic heterocycles. The Morgan fingerprint density at radius 2 is 1.93 bits per heavy atom. The maximum Gasteiger partial charge on any atom is 0.333 e. The number of sulfonamides is 1. The quantitative estimate of drug-likeness (QED) is 0.546. The number of rotatable bonds is 3. The number of benzene rings is 1. The van der Waals surface area contributed by atoms with Crippen LogP contribution in [0.5, 0.6) is 5.75 Å². The normalized spacial score (nSPS) is 11.4. The molecule has 2 heterocycles.